The Labute approximate surface area is 199 Å². The highest BCUT2D eigenvalue weighted by atomic mass is 16.7. The summed E-state index contributed by atoms with van der Waals surface area (Å²) in [4.78, 5) is 0. The maximum atomic E-state index is 10.7. The van der Waals surface area contributed by atoms with Crippen molar-refractivity contribution in [2.24, 2.45) is 0 Å². The highest BCUT2D eigenvalue weighted by molar-refractivity contribution is 4.95. The molecule has 0 amide bonds. The molecule has 0 aliphatic carbocycles. The van der Waals surface area contributed by atoms with E-state index >= 15 is 0 Å². The van der Waals surface area contributed by atoms with E-state index in [0.717, 1.165) is 0 Å². The van der Waals surface area contributed by atoms with Crippen molar-refractivity contribution in [2.75, 3.05) is 26.9 Å². The van der Waals surface area contributed by atoms with Crippen molar-refractivity contribution in [3.63, 3.8) is 0 Å². The van der Waals surface area contributed by atoms with Crippen LogP contribution in [0.1, 0.15) is 0 Å². The molecule has 35 heavy (non-hydrogen) atoms. The van der Waals surface area contributed by atoms with Gasteiger partial charge in [-0.05, 0) is 0 Å². The molecule has 3 heterocycles. The average Bonchev–Trinajstić information content (AvgIpc) is 3.30. The fourth-order valence-electron chi connectivity index (χ4n) is 4.19. The molecule has 3 aliphatic heterocycles. The van der Waals surface area contributed by atoms with Crippen LogP contribution in [0, 0.1) is 0 Å². The first kappa shape index (κ1) is 28.9. The number of rotatable bonds is 10. The molecule has 0 bridgehead atoms. The van der Waals surface area contributed by atoms with Crippen LogP contribution in [0.25, 0.3) is 0 Å². The standard InChI is InChI=1S/C19H34O16/c1-30-17-11(27)9(25)15(33-17)6(23)4-31-18-13(29)16(8(24)7(3-21)32-18)35-19-12(28)10(26)14(34-19)5(22)2-20/h5-29H,2-4H2,1H3/t5-,6-,7-,8+,9-,10-,11-,12-,13-,14+,15+,16+,17-,18-,19+/m1/s1. The molecule has 3 aliphatic rings. The van der Waals surface area contributed by atoms with Crippen molar-refractivity contribution < 1.29 is 79.5 Å². The molecule has 206 valence electrons. The molecule has 16 heteroatoms. The molecule has 0 radical (unpaired) electrons. The smallest absolute Gasteiger partial charge is 0.187 e. The molecule has 0 aromatic rings. The van der Waals surface area contributed by atoms with Crippen molar-refractivity contribution >= 4 is 0 Å². The Balaban J connectivity index is 1.64. The number of hydrogen-bond acceptors (Lipinski definition) is 16. The van der Waals surface area contributed by atoms with Gasteiger partial charge in [0.2, 0.25) is 0 Å². The van der Waals surface area contributed by atoms with Crippen molar-refractivity contribution in [1.82, 2.24) is 0 Å². The van der Waals surface area contributed by atoms with Crippen molar-refractivity contribution in [1.29, 1.82) is 0 Å². The van der Waals surface area contributed by atoms with Gasteiger partial charge in [0.05, 0.1) is 19.8 Å². The fraction of sp³-hybridized carbons (Fsp3) is 1.00. The normalized spacial score (nSPS) is 48.3. The summed E-state index contributed by atoms with van der Waals surface area (Å²) in [6.45, 7) is -2.12. The molecule has 0 aromatic heterocycles. The highest BCUT2D eigenvalue weighted by Crippen LogP contribution is 2.31. The molecular weight excluding hydrogens is 484 g/mol. The third-order valence-electron chi connectivity index (χ3n) is 6.24. The van der Waals surface area contributed by atoms with Gasteiger partial charge in [-0.3, -0.25) is 0 Å². The van der Waals surface area contributed by atoms with E-state index in [1.807, 2.05) is 0 Å². The van der Waals surface area contributed by atoms with Crippen LogP contribution in [0.2, 0.25) is 0 Å². The predicted molar refractivity (Wildman–Crippen MR) is 106 cm³/mol. The predicted octanol–water partition coefficient (Wildman–Crippen LogP) is -6.92. The first-order valence-electron chi connectivity index (χ1n) is 11.0. The molecule has 0 saturated carbocycles. The van der Waals surface area contributed by atoms with Crippen molar-refractivity contribution in [2.45, 2.75) is 92.1 Å². The van der Waals surface area contributed by atoms with Crippen LogP contribution in [-0.4, -0.2) is 170 Å². The van der Waals surface area contributed by atoms with Gasteiger partial charge in [-0.15, -0.1) is 0 Å². The summed E-state index contributed by atoms with van der Waals surface area (Å²) < 4.78 is 31.4. The van der Waals surface area contributed by atoms with Crippen LogP contribution < -0.4 is 0 Å². The van der Waals surface area contributed by atoms with E-state index in [0.29, 0.717) is 0 Å². The van der Waals surface area contributed by atoms with E-state index in [-0.39, 0.29) is 0 Å². The summed E-state index contributed by atoms with van der Waals surface area (Å²) in [5.41, 5.74) is 0. The zero-order chi connectivity index (χ0) is 26.0. The second-order valence-corrected chi connectivity index (χ2v) is 8.59. The number of aliphatic hydroxyl groups is 10. The Hall–Kier alpha value is -0.640. The maximum Gasteiger partial charge on any atom is 0.187 e. The van der Waals surface area contributed by atoms with Crippen LogP contribution in [0.15, 0.2) is 0 Å². The first-order valence-corrected chi connectivity index (χ1v) is 11.0. The molecular formula is C19H34O16. The van der Waals surface area contributed by atoms with Gasteiger partial charge in [-0.1, -0.05) is 0 Å². The van der Waals surface area contributed by atoms with Crippen LogP contribution in [0.3, 0.4) is 0 Å². The Morgan fingerprint density at radius 2 is 1.26 bits per heavy atom. The van der Waals surface area contributed by atoms with Gasteiger partial charge >= 0.3 is 0 Å². The zero-order valence-corrected chi connectivity index (χ0v) is 18.7. The largest absolute Gasteiger partial charge is 0.394 e. The third-order valence-corrected chi connectivity index (χ3v) is 6.24. The highest BCUT2D eigenvalue weighted by Gasteiger charge is 2.52. The van der Waals surface area contributed by atoms with Crippen LogP contribution >= 0.6 is 0 Å². The lowest BCUT2D eigenvalue weighted by molar-refractivity contribution is -0.334. The topological polar surface area (TPSA) is 258 Å². The van der Waals surface area contributed by atoms with E-state index in [4.69, 9.17) is 33.5 Å². The van der Waals surface area contributed by atoms with Gasteiger partial charge in [0.1, 0.15) is 73.2 Å². The van der Waals surface area contributed by atoms with Gasteiger partial charge in [-0.2, -0.15) is 0 Å². The molecule has 0 unspecified atom stereocenters. The van der Waals surface area contributed by atoms with Crippen LogP contribution in [-0.2, 0) is 28.4 Å². The van der Waals surface area contributed by atoms with Gasteiger partial charge in [0.15, 0.2) is 18.9 Å². The minimum atomic E-state index is -1.78. The summed E-state index contributed by atoms with van der Waals surface area (Å²) in [5.74, 6) is 0. The lowest BCUT2D eigenvalue weighted by Crippen LogP contribution is -2.61. The monoisotopic (exact) mass is 518 g/mol. The third kappa shape index (κ3) is 5.93. The van der Waals surface area contributed by atoms with Gasteiger partial charge in [0, 0.05) is 7.11 Å². The first-order chi connectivity index (χ1) is 16.5. The molecule has 3 saturated heterocycles. The van der Waals surface area contributed by atoms with E-state index in [2.05, 4.69) is 0 Å². The second-order valence-electron chi connectivity index (χ2n) is 8.59. The quantitative estimate of drug-likeness (QED) is 0.129. The molecule has 0 spiro atoms. The summed E-state index contributed by atoms with van der Waals surface area (Å²) in [5, 5.41) is 99.9. The number of aliphatic hydroxyl groups excluding tert-OH is 10. The average molecular weight is 518 g/mol. The number of hydrogen-bond donors (Lipinski definition) is 10. The second kappa shape index (κ2) is 12.3. The molecule has 3 fully saturated rings. The molecule has 15 atom stereocenters. The SMILES string of the molecule is CO[C@@H]1O[C@@H]([C@H](O)CO[C@@H]2O[C@H](CO)[C@H](O)[C@H](O[C@@H]3O[C@@H]([C@H](O)CO)[C@H](O)[C@H]3O)[C@H]2O)[C@H](O)[C@H]1O. The molecule has 0 aromatic carbocycles. The Morgan fingerprint density at radius 3 is 1.80 bits per heavy atom. The zero-order valence-electron chi connectivity index (χ0n) is 18.7. The van der Waals surface area contributed by atoms with E-state index in [1.54, 1.807) is 0 Å². The molecule has 3 rings (SSSR count). The number of ether oxygens (including phenoxy) is 6. The summed E-state index contributed by atoms with van der Waals surface area (Å²) in [6, 6.07) is 0. The summed E-state index contributed by atoms with van der Waals surface area (Å²) in [7, 11) is 1.23. The maximum absolute atomic E-state index is 10.7. The minimum Gasteiger partial charge on any atom is -0.394 e. The van der Waals surface area contributed by atoms with Crippen LogP contribution in [0.4, 0.5) is 0 Å². The van der Waals surface area contributed by atoms with Gasteiger partial charge in [0.25, 0.3) is 0 Å². The number of methoxy groups -OCH3 is 1. The Morgan fingerprint density at radius 1 is 0.686 bits per heavy atom. The van der Waals surface area contributed by atoms with Gasteiger partial charge in [-0.25, -0.2) is 0 Å². The summed E-state index contributed by atoms with van der Waals surface area (Å²) >= 11 is 0. The lowest BCUT2D eigenvalue weighted by atomic mass is 9.98. The Bertz CT molecular complexity index is 656. The Kier molecular flexibility index (Phi) is 10.1. The van der Waals surface area contributed by atoms with Crippen LogP contribution in [0.5, 0.6) is 0 Å². The van der Waals surface area contributed by atoms with E-state index < -0.39 is 112 Å². The van der Waals surface area contributed by atoms with Crippen molar-refractivity contribution in [3.8, 4) is 0 Å². The minimum absolute atomic E-state index is 0.598. The van der Waals surface area contributed by atoms with Crippen molar-refractivity contribution in [3.05, 3.63) is 0 Å². The summed E-state index contributed by atoms with van der Waals surface area (Å²) in [6.07, 6.45) is -22.9. The van der Waals surface area contributed by atoms with Gasteiger partial charge < -0.3 is 79.5 Å². The fourth-order valence-corrected chi connectivity index (χ4v) is 4.19. The molecule has 16 nitrogen and oxygen atoms in total. The molecule has 10 N–H and O–H groups in total. The lowest BCUT2D eigenvalue weighted by Gasteiger charge is -2.42. The van der Waals surface area contributed by atoms with E-state index in [1.165, 1.54) is 7.11 Å². The van der Waals surface area contributed by atoms with E-state index in [9.17, 15) is 46.0 Å².